The molecule has 0 heterocycles. The molecule has 3 nitrogen and oxygen atoms in total. The summed E-state index contributed by atoms with van der Waals surface area (Å²) in [5.74, 6) is -0.270. The lowest BCUT2D eigenvalue weighted by molar-refractivity contribution is -0.158. The third-order valence-corrected chi connectivity index (χ3v) is 4.33. The molecule has 0 aliphatic carbocycles. The lowest BCUT2D eigenvalue weighted by Gasteiger charge is -2.36. The van der Waals surface area contributed by atoms with E-state index in [9.17, 15) is 4.79 Å². The number of benzene rings is 3. The van der Waals surface area contributed by atoms with Crippen LogP contribution >= 0.6 is 0 Å². The number of hydrogen-bond acceptors (Lipinski definition) is 2. The van der Waals surface area contributed by atoms with Crippen molar-refractivity contribution in [2.45, 2.75) is 31.8 Å². The van der Waals surface area contributed by atoms with Crippen LogP contribution < -0.4 is 0 Å². The standard InChI is InChI=1S/C24H24O2.H2O/c1-23(2,3)26-22(25)24(19-13-7-4-8-14-19,20-15-9-5-10-16-20)21-17-11-6-12-18-21;/h4-18H,1-3H3;1H2. The zero-order valence-electron chi connectivity index (χ0n) is 16.0. The molecule has 3 rings (SSSR count). The largest absolute Gasteiger partial charge is 0.459 e. The Bertz CT molecular complexity index is 754. The third-order valence-electron chi connectivity index (χ3n) is 4.33. The van der Waals surface area contributed by atoms with Gasteiger partial charge < -0.3 is 10.2 Å². The number of rotatable bonds is 4. The van der Waals surface area contributed by atoms with E-state index in [2.05, 4.69) is 0 Å². The van der Waals surface area contributed by atoms with Crippen molar-refractivity contribution in [2.75, 3.05) is 0 Å². The average molecular weight is 362 g/mol. The molecule has 0 aromatic heterocycles. The van der Waals surface area contributed by atoms with E-state index in [4.69, 9.17) is 4.74 Å². The van der Waals surface area contributed by atoms with E-state index >= 15 is 0 Å². The van der Waals surface area contributed by atoms with Crippen LogP contribution in [0.2, 0.25) is 0 Å². The van der Waals surface area contributed by atoms with Gasteiger partial charge in [0, 0.05) is 0 Å². The summed E-state index contributed by atoms with van der Waals surface area (Å²) in [6, 6.07) is 29.6. The normalized spacial score (nSPS) is 11.4. The lowest BCUT2D eigenvalue weighted by Crippen LogP contribution is -2.43. The molecule has 0 fully saturated rings. The molecular formula is C24H26O3. The van der Waals surface area contributed by atoms with Gasteiger partial charge >= 0.3 is 5.97 Å². The maximum atomic E-state index is 13.7. The number of hydrogen-bond donors (Lipinski definition) is 0. The fourth-order valence-electron chi connectivity index (χ4n) is 3.27. The van der Waals surface area contributed by atoms with Gasteiger partial charge in [-0.05, 0) is 37.5 Å². The number of carbonyl (C=O) groups is 1. The molecule has 0 spiro atoms. The second-order valence-electron chi connectivity index (χ2n) is 7.35. The topological polar surface area (TPSA) is 57.8 Å². The first-order chi connectivity index (χ1) is 12.4. The summed E-state index contributed by atoms with van der Waals surface area (Å²) in [6.45, 7) is 5.70. The summed E-state index contributed by atoms with van der Waals surface area (Å²) in [5.41, 5.74) is 1.09. The van der Waals surface area contributed by atoms with Crippen LogP contribution in [0.25, 0.3) is 0 Å². The van der Waals surface area contributed by atoms with Crippen LogP contribution in [0.3, 0.4) is 0 Å². The molecule has 0 saturated carbocycles. The predicted molar refractivity (Wildman–Crippen MR) is 109 cm³/mol. The van der Waals surface area contributed by atoms with Crippen LogP contribution in [0.5, 0.6) is 0 Å². The molecule has 0 saturated heterocycles. The highest BCUT2D eigenvalue weighted by atomic mass is 16.6. The van der Waals surface area contributed by atoms with E-state index in [-0.39, 0.29) is 11.4 Å². The van der Waals surface area contributed by atoms with E-state index in [0.29, 0.717) is 0 Å². The highest BCUT2D eigenvalue weighted by molar-refractivity contribution is 5.92. The second-order valence-corrected chi connectivity index (χ2v) is 7.35. The van der Waals surface area contributed by atoms with Gasteiger partial charge in [0.1, 0.15) is 11.0 Å². The summed E-state index contributed by atoms with van der Waals surface area (Å²) >= 11 is 0. The molecular weight excluding hydrogens is 336 g/mol. The Morgan fingerprint density at radius 3 is 1.19 bits per heavy atom. The van der Waals surface area contributed by atoms with Gasteiger partial charge in [0.2, 0.25) is 0 Å². The molecule has 3 aromatic carbocycles. The average Bonchev–Trinajstić information content (AvgIpc) is 2.64. The molecule has 3 aromatic rings. The van der Waals surface area contributed by atoms with E-state index in [1.165, 1.54) is 0 Å². The Kier molecular flexibility index (Phi) is 6.19. The van der Waals surface area contributed by atoms with Gasteiger partial charge in [-0.3, -0.25) is 4.79 Å². The molecule has 0 unspecified atom stereocenters. The highest BCUT2D eigenvalue weighted by Crippen LogP contribution is 2.41. The lowest BCUT2D eigenvalue weighted by atomic mass is 9.69. The summed E-state index contributed by atoms with van der Waals surface area (Å²) in [7, 11) is 0. The summed E-state index contributed by atoms with van der Waals surface area (Å²) < 4.78 is 5.93. The van der Waals surface area contributed by atoms with Gasteiger partial charge in [-0.2, -0.15) is 0 Å². The number of esters is 1. The van der Waals surface area contributed by atoms with Gasteiger partial charge in [-0.15, -0.1) is 0 Å². The van der Waals surface area contributed by atoms with Gasteiger partial charge in [-0.25, -0.2) is 0 Å². The molecule has 0 aliphatic rings. The summed E-state index contributed by atoms with van der Waals surface area (Å²) in [5, 5.41) is 0. The van der Waals surface area contributed by atoms with Gasteiger partial charge in [-0.1, -0.05) is 91.0 Å². The van der Waals surface area contributed by atoms with Crippen LogP contribution in [0, 0.1) is 0 Å². The zero-order valence-corrected chi connectivity index (χ0v) is 16.0. The second kappa shape index (κ2) is 8.19. The minimum atomic E-state index is -1.02. The Morgan fingerprint density at radius 1 is 0.630 bits per heavy atom. The van der Waals surface area contributed by atoms with Crippen LogP contribution in [-0.4, -0.2) is 17.0 Å². The molecule has 2 N–H and O–H groups in total. The molecule has 3 heteroatoms. The third kappa shape index (κ3) is 4.09. The van der Waals surface area contributed by atoms with Crippen LogP contribution in [0.4, 0.5) is 0 Å². The minimum Gasteiger partial charge on any atom is -0.459 e. The van der Waals surface area contributed by atoms with Gasteiger partial charge in [0.25, 0.3) is 0 Å². The predicted octanol–water partition coefficient (Wildman–Crippen LogP) is 4.54. The molecule has 0 bridgehead atoms. The quantitative estimate of drug-likeness (QED) is 0.505. The van der Waals surface area contributed by atoms with E-state index in [0.717, 1.165) is 16.7 Å². The monoisotopic (exact) mass is 362 g/mol. The minimum absolute atomic E-state index is 0. The van der Waals surface area contributed by atoms with E-state index < -0.39 is 11.0 Å². The summed E-state index contributed by atoms with van der Waals surface area (Å²) in [6.07, 6.45) is 0. The van der Waals surface area contributed by atoms with Crippen molar-refractivity contribution in [1.82, 2.24) is 0 Å². The van der Waals surface area contributed by atoms with Crippen LogP contribution in [-0.2, 0) is 14.9 Å². The van der Waals surface area contributed by atoms with Crippen molar-refractivity contribution in [3.8, 4) is 0 Å². The Balaban J connectivity index is 0.00000261. The molecule has 0 radical (unpaired) electrons. The van der Waals surface area contributed by atoms with E-state index in [1.54, 1.807) is 0 Å². The maximum Gasteiger partial charge on any atom is 0.326 e. The number of carbonyl (C=O) groups excluding carboxylic acids is 1. The van der Waals surface area contributed by atoms with Crippen molar-refractivity contribution < 1.29 is 15.0 Å². The molecule has 0 atom stereocenters. The first-order valence-corrected chi connectivity index (χ1v) is 8.84. The van der Waals surface area contributed by atoms with Crippen molar-refractivity contribution >= 4 is 5.97 Å². The van der Waals surface area contributed by atoms with Crippen molar-refractivity contribution in [2.24, 2.45) is 0 Å². The zero-order chi connectivity index (χ0) is 18.6. The van der Waals surface area contributed by atoms with Crippen molar-refractivity contribution in [3.05, 3.63) is 108 Å². The Labute approximate surface area is 160 Å². The molecule has 140 valence electrons. The highest BCUT2D eigenvalue weighted by Gasteiger charge is 2.46. The van der Waals surface area contributed by atoms with Crippen molar-refractivity contribution in [1.29, 1.82) is 0 Å². The Morgan fingerprint density at radius 2 is 0.926 bits per heavy atom. The van der Waals surface area contributed by atoms with Crippen molar-refractivity contribution in [3.63, 3.8) is 0 Å². The van der Waals surface area contributed by atoms with Gasteiger partial charge in [0.15, 0.2) is 0 Å². The first-order valence-electron chi connectivity index (χ1n) is 8.84. The van der Waals surface area contributed by atoms with Gasteiger partial charge in [0.05, 0.1) is 0 Å². The molecule has 0 amide bonds. The van der Waals surface area contributed by atoms with E-state index in [1.807, 2.05) is 112 Å². The maximum absolute atomic E-state index is 13.7. The SMILES string of the molecule is CC(C)(C)OC(=O)C(c1ccccc1)(c1ccccc1)c1ccccc1.O. The van der Waals surface area contributed by atoms with Crippen LogP contribution in [0.15, 0.2) is 91.0 Å². The fourth-order valence-corrected chi connectivity index (χ4v) is 3.27. The molecule has 27 heavy (non-hydrogen) atoms. The van der Waals surface area contributed by atoms with Crippen LogP contribution in [0.1, 0.15) is 37.5 Å². The fraction of sp³-hybridized carbons (Fsp3) is 0.208. The smallest absolute Gasteiger partial charge is 0.326 e. The summed E-state index contributed by atoms with van der Waals surface area (Å²) in [4.78, 5) is 13.7. The Hall–Kier alpha value is -2.91. The molecule has 0 aliphatic heterocycles. The first kappa shape index (κ1) is 20.4. The number of ether oxygens (including phenoxy) is 1.